The van der Waals surface area contributed by atoms with Gasteiger partial charge in [0.2, 0.25) is 5.91 Å². The third kappa shape index (κ3) is 4.11. The Morgan fingerprint density at radius 1 is 1.53 bits per heavy atom. The summed E-state index contributed by atoms with van der Waals surface area (Å²) in [6, 6.07) is 3.65. The number of carbonyl (C=O) groups excluding carboxylic acids is 1. The number of hydrogen-bond donors (Lipinski definition) is 1. The van der Waals surface area contributed by atoms with Gasteiger partial charge in [-0.3, -0.25) is 4.79 Å². The minimum atomic E-state index is 0.0647. The monoisotopic (exact) mass is 296 g/mol. The summed E-state index contributed by atoms with van der Waals surface area (Å²) in [6.07, 6.45) is 8.55. The van der Waals surface area contributed by atoms with E-state index < -0.39 is 0 Å². The van der Waals surface area contributed by atoms with E-state index in [1.165, 1.54) is 25.7 Å². The Morgan fingerprint density at radius 3 is 3.00 bits per heavy atom. The molecule has 0 unspecified atom stereocenters. The first kappa shape index (κ1) is 12.6. The highest BCUT2D eigenvalue weighted by molar-refractivity contribution is 9.10. The Balaban J connectivity index is 1.69. The van der Waals surface area contributed by atoms with Crippen molar-refractivity contribution < 1.29 is 4.79 Å². The van der Waals surface area contributed by atoms with Gasteiger partial charge in [0.1, 0.15) is 5.82 Å². The van der Waals surface area contributed by atoms with E-state index >= 15 is 0 Å². The van der Waals surface area contributed by atoms with Crippen LogP contribution < -0.4 is 5.32 Å². The third-order valence-electron chi connectivity index (χ3n) is 3.23. The number of nitrogens with zero attached hydrogens (tertiary/aromatic N) is 1. The molecule has 92 valence electrons. The predicted molar refractivity (Wildman–Crippen MR) is 71.8 cm³/mol. The SMILES string of the molecule is O=C(CCCC1CCC1)Nc1cc(Br)ccn1. The van der Waals surface area contributed by atoms with Crippen LogP contribution in [0.2, 0.25) is 0 Å². The average molecular weight is 297 g/mol. The summed E-state index contributed by atoms with van der Waals surface area (Å²) in [5.74, 6) is 1.56. The van der Waals surface area contributed by atoms with Crippen molar-refractivity contribution in [2.24, 2.45) is 5.92 Å². The summed E-state index contributed by atoms with van der Waals surface area (Å²) in [6.45, 7) is 0. The van der Waals surface area contributed by atoms with E-state index in [2.05, 4.69) is 26.2 Å². The van der Waals surface area contributed by atoms with Gasteiger partial charge in [-0.25, -0.2) is 4.98 Å². The number of amides is 1. The van der Waals surface area contributed by atoms with Crippen molar-refractivity contribution >= 4 is 27.7 Å². The highest BCUT2D eigenvalue weighted by Gasteiger charge is 2.17. The van der Waals surface area contributed by atoms with Crippen molar-refractivity contribution in [1.29, 1.82) is 0 Å². The molecular formula is C13H17BrN2O. The maximum Gasteiger partial charge on any atom is 0.225 e. The molecule has 0 spiro atoms. The Morgan fingerprint density at radius 2 is 2.35 bits per heavy atom. The fourth-order valence-electron chi connectivity index (χ4n) is 2.01. The van der Waals surface area contributed by atoms with Gasteiger partial charge >= 0.3 is 0 Å². The van der Waals surface area contributed by atoms with Crippen LogP contribution in [0.1, 0.15) is 38.5 Å². The first-order valence-electron chi connectivity index (χ1n) is 6.15. The molecule has 17 heavy (non-hydrogen) atoms. The highest BCUT2D eigenvalue weighted by Crippen LogP contribution is 2.30. The summed E-state index contributed by atoms with van der Waals surface area (Å²) >= 11 is 3.35. The van der Waals surface area contributed by atoms with Gasteiger partial charge in [-0.05, 0) is 30.9 Å². The van der Waals surface area contributed by atoms with E-state index in [1.807, 2.05) is 12.1 Å². The molecule has 1 aromatic rings. The van der Waals surface area contributed by atoms with Crippen LogP contribution in [-0.4, -0.2) is 10.9 Å². The molecule has 1 aliphatic carbocycles. The molecule has 1 heterocycles. The second-order valence-electron chi connectivity index (χ2n) is 4.60. The van der Waals surface area contributed by atoms with Crippen molar-refractivity contribution in [3.63, 3.8) is 0 Å². The lowest BCUT2D eigenvalue weighted by Crippen LogP contribution is -2.15. The van der Waals surface area contributed by atoms with Crippen LogP contribution in [0, 0.1) is 5.92 Å². The Kier molecular flexibility index (Phi) is 4.54. The van der Waals surface area contributed by atoms with Gasteiger partial charge in [-0.15, -0.1) is 0 Å². The van der Waals surface area contributed by atoms with Crippen molar-refractivity contribution in [2.45, 2.75) is 38.5 Å². The average Bonchev–Trinajstić information content (AvgIpc) is 2.22. The molecule has 3 nitrogen and oxygen atoms in total. The second-order valence-corrected chi connectivity index (χ2v) is 5.51. The topological polar surface area (TPSA) is 42.0 Å². The van der Waals surface area contributed by atoms with Crippen LogP contribution in [-0.2, 0) is 4.79 Å². The first-order valence-corrected chi connectivity index (χ1v) is 6.95. The molecule has 1 aromatic heterocycles. The van der Waals surface area contributed by atoms with Crippen LogP contribution in [0.15, 0.2) is 22.8 Å². The zero-order valence-corrected chi connectivity index (χ0v) is 11.4. The molecule has 4 heteroatoms. The largest absolute Gasteiger partial charge is 0.311 e. The number of rotatable bonds is 5. The van der Waals surface area contributed by atoms with E-state index in [4.69, 9.17) is 0 Å². The molecule has 1 saturated carbocycles. The van der Waals surface area contributed by atoms with Crippen molar-refractivity contribution in [2.75, 3.05) is 5.32 Å². The molecule has 0 aromatic carbocycles. The maximum atomic E-state index is 11.6. The van der Waals surface area contributed by atoms with Crippen LogP contribution in [0.3, 0.4) is 0 Å². The molecule has 0 radical (unpaired) electrons. The van der Waals surface area contributed by atoms with Crippen molar-refractivity contribution in [3.8, 4) is 0 Å². The van der Waals surface area contributed by atoms with Crippen LogP contribution >= 0.6 is 15.9 Å². The van der Waals surface area contributed by atoms with Gasteiger partial charge in [0.15, 0.2) is 0 Å². The van der Waals surface area contributed by atoms with E-state index in [-0.39, 0.29) is 5.91 Å². The molecule has 1 fully saturated rings. The molecule has 0 aliphatic heterocycles. The minimum Gasteiger partial charge on any atom is -0.311 e. The Bertz CT molecular complexity index is 391. The van der Waals surface area contributed by atoms with Crippen LogP contribution in [0.4, 0.5) is 5.82 Å². The number of halogens is 1. The smallest absolute Gasteiger partial charge is 0.225 e. The number of nitrogens with one attached hydrogen (secondary N) is 1. The fraction of sp³-hybridized carbons (Fsp3) is 0.538. The summed E-state index contributed by atoms with van der Waals surface area (Å²) in [5, 5.41) is 2.81. The molecule has 0 saturated heterocycles. The Hall–Kier alpha value is -0.900. The lowest BCUT2D eigenvalue weighted by Gasteiger charge is -2.24. The minimum absolute atomic E-state index is 0.0647. The summed E-state index contributed by atoms with van der Waals surface area (Å²) in [4.78, 5) is 15.7. The quantitative estimate of drug-likeness (QED) is 0.899. The Labute approximate surface area is 110 Å². The normalized spacial score (nSPS) is 15.4. The number of aromatic nitrogens is 1. The molecule has 0 bridgehead atoms. The summed E-state index contributed by atoms with van der Waals surface area (Å²) < 4.78 is 0.928. The van der Waals surface area contributed by atoms with Gasteiger partial charge in [0.25, 0.3) is 0 Å². The number of carbonyl (C=O) groups is 1. The molecule has 1 aliphatic rings. The molecule has 0 atom stereocenters. The summed E-state index contributed by atoms with van der Waals surface area (Å²) in [5.41, 5.74) is 0. The molecule has 1 amide bonds. The highest BCUT2D eigenvalue weighted by atomic mass is 79.9. The van der Waals surface area contributed by atoms with E-state index in [1.54, 1.807) is 6.20 Å². The van der Waals surface area contributed by atoms with Gasteiger partial charge in [-0.1, -0.05) is 35.2 Å². The van der Waals surface area contributed by atoms with E-state index in [0.29, 0.717) is 12.2 Å². The van der Waals surface area contributed by atoms with Crippen molar-refractivity contribution in [1.82, 2.24) is 4.98 Å². The number of pyridine rings is 1. The van der Waals surface area contributed by atoms with Crippen molar-refractivity contribution in [3.05, 3.63) is 22.8 Å². The van der Waals surface area contributed by atoms with Gasteiger partial charge in [0.05, 0.1) is 0 Å². The number of anilines is 1. The summed E-state index contributed by atoms with van der Waals surface area (Å²) in [7, 11) is 0. The second kappa shape index (κ2) is 6.15. The standard InChI is InChI=1S/C13H17BrN2O/c14-11-7-8-15-12(9-11)16-13(17)6-2-5-10-3-1-4-10/h7-10H,1-6H2,(H,15,16,17). The lowest BCUT2D eigenvalue weighted by atomic mass is 9.82. The van der Waals surface area contributed by atoms with E-state index in [9.17, 15) is 4.79 Å². The lowest BCUT2D eigenvalue weighted by molar-refractivity contribution is -0.116. The van der Waals surface area contributed by atoms with Crippen LogP contribution in [0.25, 0.3) is 0 Å². The fourth-order valence-corrected chi connectivity index (χ4v) is 2.35. The number of hydrogen-bond acceptors (Lipinski definition) is 2. The molecule has 2 rings (SSSR count). The van der Waals surface area contributed by atoms with E-state index in [0.717, 1.165) is 16.8 Å². The van der Waals surface area contributed by atoms with Gasteiger partial charge < -0.3 is 5.32 Å². The molecule has 1 N–H and O–H groups in total. The predicted octanol–water partition coefficient (Wildman–Crippen LogP) is 3.75. The first-order chi connectivity index (χ1) is 8.24. The van der Waals surface area contributed by atoms with Gasteiger partial charge in [0, 0.05) is 17.1 Å². The zero-order chi connectivity index (χ0) is 12.1. The molecular weight excluding hydrogens is 280 g/mol. The zero-order valence-electron chi connectivity index (χ0n) is 9.79. The van der Waals surface area contributed by atoms with Gasteiger partial charge in [-0.2, -0.15) is 0 Å². The third-order valence-corrected chi connectivity index (χ3v) is 3.72. The maximum absolute atomic E-state index is 11.6. The van der Waals surface area contributed by atoms with Crippen LogP contribution in [0.5, 0.6) is 0 Å².